The zero-order valence-electron chi connectivity index (χ0n) is 13.5. The lowest BCUT2D eigenvalue weighted by molar-refractivity contribution is 0.102. The number of aromatic nitrogens is 2. The van der Waals surface area contributed by atoms with Crippen LogP contribution in [-0.4, -0.2) is 15.9 Å². The average molecular weight is 382 g/mol. The average Bonchev–Trinajstić information content (AvgIpc) is 3.07. The minimum Gasteiger partial charge on any atom is -0.338 e. The summed E-state index contributed by atoms with van der Waals surface area (Å²) in [4.78, 5) is 20.2. The van der Waals surface area contributed by atoms with Gasteiger partial charge in [0, 0.05) is 16.1 Å². The van der Waals surface area contributed by atoms with E-state index in [0.717, 1.165) is 22.4 Å². The molecule has 0 saturated carbocycles. The van der Waals surface area contributed by atoms with Crippen LogP contribution in [0.4, 0.5) is 5.69 Å². The molecular weight excluding hydrogens is 369 g/mol. The van der Waals surface area contributed by atoms with Crippen LogP contribution in [0.2, 0.25) is 10.0 Å². The van der Waals surface area contributed by atoms with Gasteiger partial charge in [0.05, 0.1) is 21.7 Å². The number of fused-ring (bicyclic) bond motifs is 1. The number of carbonyl (C=O) groups is 1. The molecule has 1 aromatic heterocycles. The Labute approximate surface area is 159 Å². The van der Waals surface area contributed by atoms with Crippen LogP contribution in [-0.2, 0) is 0 Å². The molecule has 3 aromatic carbocycles. The summed E-state index contributed by atoms with van der Waals surface area (Å²) in [5.74, 6) is 0.501. The number of carbonyl (C=O) groups excluding carboxylic acids is 1. The number of H-pyrrole nitrogens is 1. The van der Waals surface area contributed by atoms with Crippen molar-refractivity contribution in [2.24, 2.45) is 0 Å². The fraction of sp³-hybridized carbons (Fsp3) is 0. The first-order chi connectivity index (χ1) is 12.6. The van der Waals surface area contributed by atoms with Crippen LogP contribution in [0.15, 0.2) is 66.7 Å². The standard InChI is InChI=1S/C20H13Cl2N3O/c21-14-9-10-17-18(11-14)24-19(23-17)12-5-7-13(8-6-12)20(26)25-16-4-2-1-3-15(16)22/h1-11H,(H,23,24)(H,25,26). The molecule has 0 aliphatic rings. The zero-order chi connectivity index (χ0) is 18.1. The number of imidazole rings is 1. The van der Waals surface area contributed by atoms with E-state index in [1.54, 1.807) is 30.3 Å². The maximum absolute atomic E-state index is 12.4. The van der Waals surface area contributed by atoms with Gasteiger partial charge >= 0.3 is 0 Å². The largest absolute Gasteiger partial charge is 0.338 e. The molecule has 0 aliphatic carbocycles. The summed E-state index contributed by atoms with van der Waals surface area (Å²) in [5, 5.41) is 3.96. The topological polar surface area (TPSA) is 57.8 Å². The summed E-state index contributed by atoms with van der Waals surface area (Å²) in [5.41, 5.74) is 3.70. The fourth-order valence-electron chi connectivity index (χ4n) is 2.66. The van der Waals surface area contributed by atoms with Gasteiger partial charge in [-0.25, -0.2) is 4.98 Å². The first-order valence-electron chi connectivity index (χ1n) is 7.92. The lowest BCUT2D eigenvalue weighted by atomic mass is 10.1. The third kappa shape index (κ3) is 3.29. The number of halogens is 2. The van der Waals surface area contributed by atoms with E-state index in [1.807, 2.05) is 36.4 Å². The maximum Gasteiger partial charge on any atom is 0.255 e. The van der Waals surface area contributed by atoms with Crippen molar-refractivity contribution in [2.75, 3.05) is 5.32 Å². The number of anilines is 1. The van der Waals surface area contributed by atoms with Crippen LogP contribution in [0, 0.1) is 0 Å². The monoisotopic (exact) mass is 381 g/mol. The van der Waals surface area contributed by atoms with Crippen LogP contribution >= 0.6 is 23.2 Å². The predicted molar refractivity (Wildman–Crippen MR) is 106 cm³/mol. The molecule has 0 spiro atoms. The van der Waals surface area contributed by atoms with Crippen LogP contribution in [0.3, 0.4) is 0 Å². The van der Waals surface area contributed by atoms with Gasteiger partial charge in [-0.2, -0.15) is 0 Å². The summed E-state index contributed by atoms with van der Waals surface area (Å²) in [6.45, 7) is 0. The third-order valence-corrected chi connectivity index (χ3v) is 4.55. The van der Waals surface area contributed by atoms with Crippen LogP contribution in [0.25, 0.3) is 22.4 Å². The third-order valence-electron chi connectivity index (χ3n) is 3.99. The molecule has 4 aromatic rings. The number of benzene rings is 3. The molecule has 0 aliphatic heterocycles. The number of nitrogens with zero attached hydrogens (tertiary/aromatic N) is 1. The number of hydrogen-bond acceptors (Lipinski definition) is 2. The van der Waals surface area contributed by atoms with Gasteiger partial charge in [-0.05, 0) is 42.5 Å². The van der Waals surface area contributed by atoms with E-state index in [4.69, 9.17) is 23.2 Å². The lowest BCUT2D eigenvalue weighted by Gasteiger charge is -2.07. The van der Waals surface area contributed by atoms with E-state index in [2.05, 4.69) is 15.3 Å². The fourth-order valence-corrected chi connectivity index (χ4v) is 3.01. The molecule has 4 nitrogen and oxygen atoms in total. The van der Waals surface area contributed by atoms with Gasteiger partial charge in [-0.1, -0.05) is 47.5 Å². The van der Waals surface area contributed by atoms with Gasteiger partial charge in [-0.3, -0.25) is 4.79 Å². The van der Waals surface area contributed by atoms with E-state index in [0.29, 0.717) is 21.3 Å². The molecule has 0 fully saturated rings. The second-order valence-corrected chi connectivity index (χ2v) is 6.60. The highest BCUT2D eigenvalue weighted by Gasteiger charge is 2.10. The number of para-hydroxylation sites is 1. The number of aromatic amines is 1. The summed E-state index contributed by atoms with van der Waals surface area (Å²) in [6.07, 6.45) is 0. The number of rotatable bonds is 3. The highest BCUT2D eigenvalue weighted by Crippen LogP contribution is 2.24. The first kappa shape index (κ1) is 16.6. The molecule has 0 saturated heterocycles. The van der Waals surface area contributed by atoms with Gasteiger partial charge in [0.25, 0.3) is 5.91 Å². The van der Waals surface area contributed by atoms with Crippen molar-refractivity contribution in [2.45, 2.75) is 0 Å². The van der Waals surface area contributed by atoms with E-state index in [1.165, 1.54) is 0 Å². The van der Waals surface area contributed by atoms with Gasteiger partial charge in [-0.15, -0.1) is 0 Å². The molecule has 0 atom stereocenters. The second-order valence-electron chi connectivity index (χ2n) is 5.76. The van der Waals surface area contributed by atoms with E-state index < -0.39 is 0 Å². The molecule has 6 heteroatoms. The Morgan fingerprint density at radius 3 is 2.50 bits per heavy atom. The molecule has 2 N–H and O–H groups in total. The molecule has 0 unspecified atom stereocenters. The Balaban J connectivity index is 1.57. The van der Waals surface area contributed by atoms with E-state index in [-0.39, 0.29) is 5.91 Å². The molecule has 128 valence electrons. The van der Waals surface area contributed by atoms with Gasteiger partial charge in [0.15, 0.2) is 0 Å². The maximum atomic E-state index is 12.4. The predicted octanol–water partition coefficient (Wildman–Crippen LogP) is 5.79. The van der Waals surface area contributed by atoms with Crippen molar-refractivity contribution in [3.8, 4) is 11.4 Å². The molecule has 26 heavy (non-hydrogen) atoms. The van der Waals surface area contributed by atoms with Crippen molar-refractivity contribution in [1.29, 1.82) is 0 Å². The summed E-state index contributed by atoms with van der Waals surface area (Å²) < 4.78 is 0. The lowest BCUT2D eigenvalue weighted by Crippen LogP contribution is -2.11. The highest BCUT2D eigenvalue weighted by molar-refractivity contribution is 6.34. The van der Waals surface area contributed by atoms with Crippen molar-refractivity contribution < 1.29 is 4.79 Å². The summed E-state index contributed by atoms with van der Waals surface area (Å²) in [6, 6.07) is 19.8. The first-order valence-corrected chi connectivity index (χ1v) is 8.67. The second kappa shape index (κ2) is 6.83. The van der Waals surface area contributed by atoms with Crippen molar-refractivity contribution in [3.63, 3.8) is 0 Å². The Hall–Kier alpha value is -2.82. The van der Waals surface area contributed by atoms with Crippen LogP contribution in [0.1, 0.15) is 10.4 Å². The zero-order valence-corrected chi connectivity index (χ0v) is 15.0. The normalized spacial score (nSPS) is 10.8. The number of hydrogen-bond donors (Lipinski definition) is 2. The number of nitrogens with one attached hydrogen (secondary N) is 2. The smallest absolute Gasteiger partial charge is 0.255 e. The molecule has 1 amide bonds. The van der Waals surface area contributed by atoms with Crippen molar-refractivity contribution in [1.82, 2.24) is 9.97 Å². The minimum atomic E-state index is -0.221. The molecule has 1 heterocycles. The van der Waals surface area contributed by atoms with Gasteiger partial charge < -0.3 is 10.3 Å². The molecule has 0 bridgehead atoms. The molecule has 0 radical (unpaired) electrons. The Morgan fingerprint density at radius 2 is 1.73 bits per heavy atom. The quantitative estimate of drug-likeness (QED) is 0.471. The Bertz CT molecular complexity index is 1100. The Kier molecular flexibility index (Phi) is 4.37. The highest BCUT2D eigenvalue weighted by atomic mass is 35.5. The molecule has 4 rings (SSSR count). The summed E-state index contributed by atoms with van der Waals surface area (Å²) in [7, 11) is 0. The van der Waals surface area contributed by atoms with Gasteiger partial charge in [0.1, 0.15) is 5.82 Å². The van der Waals surface area contributed by atoms with Crippen LogP contribution in [0.5, 0.6) is 0 Å². The Morgan fingerprint density at radius 1 is 0.962 bits per heavy atom. The molecular formula is C20H13Cl2N3O. The van der Waals surface area contributed by atoms with E-state index >= 15 is 0 Å². The van der Waals surface area contributed by atoms with Gasteiger partial charge in [0.2, 0.25) is 0 Å². The number of amides is 1. The van der Waals surface area contributed by atoms with E-state index in [9.17, 15) is 4.79 Å². The minimum absolute atomic E-state index is 0.221. The van der Waals surface area contributed by atoms with Crippen LogP contribution < -0.4 is 5.32 Å². The summed E-state index contributed by atoms with van der Waals surface area (Å²) >= 11 is 12.1. The van der Waals surface area contributed by atoms with Crippen molar-refractivity contribution in [3.05, 3.63) is 82.3 Å². The SMILES string of the molecule is O=C(Nc1ccccc1Cl)c1ccc(-c2nc3ccc(Cl)cc3[nH]2)cc1. The van der Waals surface area contributed by atoms with Crippen molar-refractivity contribution >= 4 is 45.8 Å².